The SMILES string of the molecule is O=C(NCc1ccccc1)NCc1ccccc1CO. The Labute approximate surface area is 118 Å². The quantitative estimate of drug-likeness (QED) is 0.780. The van der Waals surface area contributed by atoms with E-state index in [-0.39, 0.29) is 12.6 Å². The van der Waals surface area contributed by atoms with Crippen LogP contribution in [-0.4, -0.2) is 11.1 Å². The van der Waals surface area contributed by atoms with Gasteiger partial charge in [-0.1, -0.05) is 54.6 Å². The number of rotatable bonds is 5. The van der Waals surface area contributed by atoms with Crippen molar-refractivity contribution in [2.75, 3.05) is 0 Å². The van der Waals surface area contributed by atoms with Crippen molar-refractivity contribution in [1.82, 2.24) is 10.6 Å². The maximum atomic E-state index is 11.7. The van der Waals surface area contributed by atoms with Gasteiger partial charge < -0.3 is 15.7 Å². The number of carbonyl (C=O) groups is 1. The minimum absolute atomic E-state index is 0.0243. The molecule has 104 valence electrons. The third-order valence-electron chi connectivity index (χ3n) is 3.02. The Bertz CT molecular complexity index is 555. The summed E-state index contributed by atoms with van der Waals surface area (Å²) in [5, 5.41) is 14.8. The lowest BCUT2D eigenvalue weighted by atomic mass is 10.1. The van der Waals surface area contributed by atoms with Crippen molar-refractivity contribution in [2.45, 2.75) is 19.7 Å². The lowest BCUT2D eigenvalue weighted by Crippen LogP contribution is -2.34. The van der Waals surface area contributed by atoms with Crippen molar-refractivity contribution in [1.29, 1.82) is 0 Å². The van der Waals surface area contributed by atoms with Gasteiger partial charge in [-0.25, -0.2) is 4.79 Å². The van der Waals surface area contributed by atoms with Crippen LogP contribution in [0.3, 0.4) is 0 Å². The van der Waals surface area contributed by atoms with Gasteiger partial charge in [0.15, 0.2) is 0 Å². The fourth-order valence-electron chi connectivity index (χ4n) is 1.90. The first-order valence-corrected chi connectivity index (χ1v) is 6.53. The standard InChI is InChI=1S/C16H18N2O2/c19-12-15-9-5-4-8-14(15)11-18-16(20)17-10-13-6-2-1-3-7-13/h1-9,19H,10-12H2,(H2,17,18,20). The highest BCUT2D eigenvalue weighted by Crippen LogP contribution is 2.07. The van der Waals surface area contributed by atoms with Gasteiger partial charge in [-0.15, -0.1) is 0 Å². The largest absolute Gasteiger partial charge is 0.392 e. The second kappa shape index (κ2) is 7.31. The van der Waals surface area contributed by atoms with Gasteiger partial charge >= 0.3 is 6.03 Å². The summed E-state index contributed by atoms with van der Waals surface area (Å²) in [6, 6.07) is 17.0. The van der Waals surface area contributed by atoms with Gasteiger partial charge in [-0.2, -0.15) is 0 Å². The minimum Gasteiger partial charge on any atom is -0.392 e. The summed E-state index contributed by atoms with van der Waals surface area (Å²) < 4.78 is 0. The highest BCUT2D eigenvalue weighted by Gasteiger charge is 2.03. The van der Waals surface area contributed by atoms with Crippen molar-refractivity contribution in [3.63, 3.8) is 0 Å². The summed E-state index contributed by atoms with van der Waals surface area (Å²) in [6.07, 6.45) is 0. The zero-order chi connectivity index (χ0) is 14.2. The molecular weight excluding hydrogens is 252 g/mol. The number of benzene rings is 2. The molecule has 2 amide bonds. The molecule has 0 aliphatic carbocycles. The molecule has 4 heteroatoms. The van der Waals surface area contributed by atoms with Crippen LogP contribution in [0.15, 0.2) is 54.6 Å². The second-order valence-electron chi connectivity index (χ2n) is 4.45. The third kappa shape index (κ3) is 4.10. The molecule has 0 heterocycles. The number of carbonyl (C=O) groups excluding carboxylic acids is 1. The molecule has 0 aromatic heterocycles. The molecule has 0 saturated heterocycles. The van der Waals surface area contributed by atoms with E-state index in [0.717, 1.165) is 16.7 Å². The summed E-state index contributed by atoms with van der Waals surface area (Å²) in [5.74, 6) is 0. The number of urea groups is 1. The first-order chi connectivity index (χ1) is 9.79. The molecule has 0 bridgehead atoms. The van der Waals surface area contributed by atoms with E-state index < -0.39 is 0 Å². The number of aliphatic hydroxyl groups is 1. The highest BCUT2D eigenvalue weighted by molar-refractivity contribution is 5.73. The molecular formula is C16H18N2O2. The Morgan fingerprint density at radius 1 is 0.850 bits per heavy atom. The highest BCUT2D eigenvalue weighted by atomic mass is 16.3. The maximum Gasteiger partial charge on any atom is 0.315 e. The topological polar surface area (TPSA) is 61.4 Å². The Morgan fingerprint density at radius 2 is 1.45 bits per heavy atom. The summed E-state index contributed by atoms with van der Waals surface area (Å²) in [5.41, 5.74) is 2.80. The summed E-state index contributed by atoms with van der Waals surface area (Å²) in [7, 11) is 0. The van der Waals surface area contributed by atoms with Crippen molar-refractivity contribution in [3.8, 4) is 0 Å². The number of aliphatic hydroxyl groups excluding tert-OH is 1. The number of nitrogens with one attached hydrogen (secondary N) is 2. The van der Waals surface area contributed by atoms with Gasteiger partial charge in [0.25, 0.3) is 0 Å². The Balaban J connectivity index is 1.80. The van der Waals surface area contributed by atoms with E-state index in [4.69, 9.17) is 0 Å². The van der Waals surface area contributed by atoms with Crippen LogP contribution in [-0.2, 0) is 19.7 Å². The maximum absolute atomic E-state index is 11.7. The normalized spacial score (nSPS) is 10.1. The molecule has 0 spiro atoms. The van der Waals surface area contributed by atoms with Gasteiger partial charge in [0.05, 0.1) is 6.61 Å². The molecule has 0 aliphatic rings. The van der Waals surface area contributed by atoms with Crippen LogP contribution in [0.1, 0.15) is 16.7 Å². The van der Waals surface area contributed by atoms with Gasteiger partial charge in [0.1, 0.15) is 0 Å². The first-order valence-electron chi connectivity index (χ1n) is 6.53. The van der Waals surface area contributed by atoms with Crippen LogP contribution in [0.5, 0.6) is 0 Å². The zero-order valence-corrected chi connectivity index (χ0v) is 11.2. The summed E-state index contributed by atoms with van der Waals surface area (Å²) in [4.78, 5) is 11.7. The van der Waals surface area contributed by atoms with E-state index in [0.29, 0.717) is 13.1 Å². The van der Waals surface area contributed by atoms with Gasteiger partial charge in [-0.3, -0.25) is 0 Å². The molecule has 20 heavy (non-hydrogen) atoms. The van der Waals surface area contributed by atoms with E-state index in [2.05, 4.69) is 10.6 Å². The lowest BCUT2D eigenvalue weighted by molar-refractivity contribution is 0.240. The minimum atomic E-state index is -0.221. The molecule has 2 aromatic rings. The van der Waals surface area contributed by atoms with Gasteiger partial charge in [-0.05, 0) is 16.7 Å². The predicted octanol–water partition coefficient (Wildman–Crippen LogP) is 2.18. The van der Waals surface area contributed by atoms with Crippen molar-refractivity contribution < 1.29 is 9.90 Å². The molecule has 0 radical (unpaired) electrons. The number of hydrogen-bond acceptors (Lipinski definition) is 2. The van der Waals surface area contributed by atoms with Crippen molar-refractivity contribution in [3.05, 3.63) is 71.3 Å². The molecule has 0 saturated carbocycles. The van der Waals surface area contributed by atoms with Crippen molar-refractivity contribution >= 4 is 6.03 Å². The Hall–Kier alpha value is -2.33. The van der Waals surface area contributed by atoms with E-state index in [1.54, 1.807) is 0 Å². The van der Waals surface area contributed by atoms with E-state index in [1.807, 2.05) is 54.6 Å². The monoisotopic (exact) mass is 270 g/mol. The number of amides is 2. The van der Waals surface area contributed by atoms with E-state index in [1.165, 1.54) is 0 Å². The van der Waals surface area contributed by atoms with E-state index in [9.17, 15) is 9.90 Å². The smallest absolute Gasteiger partial charge is 0.315 e. The van der Waals surface area contributed by atoms with Crippen molar-refractivity contribution in [2.24, 2.45) is 0 Å². The molecule has 0 atom stereocenters. The van der Waals surface area contributed by atoms with Crippen LogP contribution < -0.4 is 10.6 Å². The molecule has 0 aliphatic heterocycles. The molecule has 3 N–H and O–H groups in total. The fraction of sp³-hybridized carbons (Fsp3) is 0.188. The fourth-order valence-corrected chi connectivity index (χ4v) is 1.90. The Morgan fingerprint density at radius 3 is 2.15 bits per heavy atom. The molecule has 2 rings (SSSR count). The molecule has 2 aromatic carbocycles. The Kier molecular flexibility index (Phi) is 5.15. The van der Waals surface area contributed by atoms with Crippen LogP contribution in [0.4, 0.5) is 4.79 Å². The third-order valence-corrected chi connectivity index (χ3v) is 3.02. The average Bonchev–Trinajstić information content (AvgIpc) is 2.52. The molecule has 0 unspecified atom stereocenters. The first kappa shape index (κ1) is 14.1. The van der Waals surface area contributed by atoms with Crippen LogP contribution in [0, 0.1) is 0 Å². The van der Waals surface area contributed by atoms with E-state index >= 15 is 0 Å². The van der Waals surface area contributed by atoms with Crippen LogP contribution in [0.2, 0.25) is 0 Å². The zero-order valence-electron chi connectivity index (χ0n) is 11.2. The van der Waals surface area contributed by atoms with Crippen LogP contribution >= 0.6 is 0 Å². The number of hydrogen-bond donors (Lipinski definition) is 3. The van der Waals surface area contributed by atoms with Gasteiger partial charge in [0.2, 0.25) is 0 Å². The summed E-state index contributed by atoms with van der Waals surface area (Å²) in [6.45, 7) is 0.870. The lowest BCUT2D eigenvalue weighted by Gasteiger charge is -2.10. The summed E-state index contributed by atoms with van der Waals surface area (Å²) >= 11 is 0. The average molecular weight is 270 g/mol. The molecule has 0 fully saturated rings. The van der Waals surface area contributed by atoms with Crippen LogP contribution in [0.25, 0.3) is 0 Å². The second-order valence-corrected chi connectivity index (χ2v) is 4.45. The van der Waals surface area contributed by atoms with Gasteiger partial charge in [0, 0.05) is 13.1 Å². The molecule has 4 nitrogen and oxygen atoms in total. The predicted molar refractivity (Wildman–Crippen MR) is 77.9 cm³/mol.